The van der Waals surface area contributed by atoms with Crippen molar-refractivity contribution < 1.29 is 8.42 Å². The molecule has 6 heteroatoms. The maximum absolute atomic E-state index is 13.6. The van der Waals surface area contributed by atoms with Crippen molar-refractivity contribution in [2.24, 2.45) is 5.92 Å². The molecule has 1 N–H and O–H groups in total. The summed E-state index contributed by atoms with van der Waals surface area (Å²) in [6.45, 7) is 3.32. The molecule has 0 bridgehead atoms. The van der Waals surface area contributed by atoms with E-state index in [4.69, 9.17) is 0 Å². The smallest absolute Gasteiger partial charge is 0.194 e. The number of hydrogen-bond donors (Lipinski definition) is 1. The van der Waals surface area contributed by atoms with Gasteiger partial charge in [-0.15, -0.1) is 12.4 Å². The van der Waals surface area contributed by atoms with Gasteiger partial charge in [-0.05, 0) is 61.5 Å². The zero-order valence-electron chi connectivity index (χ0n) is 15.4. The largest absolute Gasteiger partial charge is 0.317 e. The highest BCUT2D eigenvalue weighted by Crippen LogP contribution is 2.33. The minimum atomic E-state index is -3.40. The fourth-order valence-corrected chi connectivity index (χ4v) is 6.53. The summed E-state index contributed by atoms with van der Waals surface area (Å²) in [5.74, 6) is 0.173. The first-order valence-electron chi connectivity index (χ1n) is 9.47. The van der Waals surface area contributed by atoms with E-state index in [1.807, 2.05) is 24.3 Å². The Balaban J connectivity index is 0.00000210. The lowest BCUT2D eigenvalue weighted by Gasteiger charge is -2.40. The van der Waals surface area contributed by atoms with Gasteiger partial charge in [0.25, 0.3) is 0 Å². The van der Waals surface area contributed by atoms with Gasteiger partial charge in [0, 0.05) is 13.1 Å². The number of hydrogen-bond acceptors (Lipinski definition) is 4. The van der Waals surface area contributed by atoms with Crippen molar-refractivity contribution in [2.45, 2.75) is 36.1 Å². The van der Waals surface area contributed by atoms with Gasteiger partial charge in [0.05, 0.1) is 4.90 Å². The number of sulfone groups is 1. The molecule has 0 amide bonds. The van der Waals surface area contributed by atoms with E-state index in [2.05, 4.69) is 28.4 Å². The highest BCUT2D eigenvalue weighted by Gasteiger charge is 2.40. The summed E-state index contributed by atoms with van der Waals surface area (Å²) in [6.07, 6.45) is 2.74. The quantitative estimate of drug-likeness (QED) is 0.846. The van der Waals surface area contributed by atoms with Crippen molar-refractivity contribution in [1.82, 2.24) is 10.2 Å². The summed E-state index contributed by atoms with van der Waals surface area (Å²) in [5, 5.41) is 2.92. The van der Waals surface area contributed by atoms with Crippen molar-refractivity contribution in [3.63, 3.8) is 0 Å². The topological polar surface area (TPSA) is 49.4 Å². The van der Waals surface area contributed by atoms with Crippen LogP contribution in [0.4, 0.5) is 0 Å². The first-order chi connectivity index (χ1) is 12.7. The fourth-order valence-electron chi connectivity index (χ4n) is 4.36. The molecule has 2 aliphatic rings. The van der Waals surface area contributed by atoms with Crippen molar-refractivity contribution in [3.8, 4) is 0 Å². The number of rotatable bonds is 4. The lowest BCUT2D eigenvalue weighted by molar-refractivity contribution is 0.159. The standard InChI is InChI=1S/C21H26N2O2S.ClH/c24-26(25,20-8-2-1-3-9-20)21(18-10-13-22-14-11-18)23-15-12-17-6-4-5-7-19(17)16-23;/h1-9,18,21-22H,10-16H2;1H. The van der Waals surface area contributed by atoms with E-state index in [9.17, 15) is 8.42 Å². The Morgan fingerprint density at radius 1 is 0.926 bits per heavy atom. The van der Waals surface area contributed by atoms with Crippen LogP contribution in [-0.2, 0) is 22.8 Å². The molecule has 27 heavy (non-hydrogen) atoms. The molecule has 1 atom stereocenters. The second-order valence-corrected chi connectivity index (χ2v) is 9.37. The van der Waals surface area contributed by atoms with E-state index in [1.165, 1.54) is 11.1 Å². The lowest BCUT2D eigenvalue weighted by Crippen LogP contribution is -2.50. The van der Waals surface area contributed by atoms with E-state index in [-0.39, 0.29) is 18.3 Å². The number of nitrogens with one attached hydrogen (secondary N) is 1. The van der Waals surface area contributed by atoms with Gasteiger partial charge in [-0.1, -0.05) is 42.5 Å². The van der Waals surface area contributed by atoms with Crippen LogP contribution in [0.25, 0.3) is 0 Å². The molecule has 0 radical (unpaired) electrons. The van der Waals surface area contributed by atoms with E-state index in [0.29, 0.717) is 4.90 Å². The summed E-state index contributed by atoms with van der Waals surface area (Å²) in [4.78, 5) is 2.66. The van der Waals surface area contributed by atoms with Gasteiger partial charge in [0.1, 0.15) is 5.37 Å². The Bertz CT molecular complexity index is 851. The van der Waals surface area contributed by atoms with E-state index in [1.54, 1.807) is 12.1 Å². The van der Waals surface area contributed by atoms with Crippen LogP contribution in [0.3, 0.4) is 0 Å². The monoisotopic (exact) mass is 406 g/mol. The third-order valence-corrected chi connectivity index (χ3v) is 7.94. The average molecular weight is 407 g/mol. The van der Waals surface area contributed by atoms with Gasteiger partial charge in [-0.25, -0.2) is 8.42 Å². The normalized spacial score (nSPS) is 19.7. The van der Waals surface area contributed by atoms with E-state index < -0.39 is 15.2 Å². The van der Waals surface area contributed by atoms with Gasteiger partial charge in [-0.3, -0.25) is 4.90 Å². The zero-order chi connectivity index (χ0) is 18.0. The Hall–Kier alpha value is -1.40. The van der Waals surface area contributed by atoms with Crippen LogP contribution in [0.15, 0.2) is 59.5 Å². The Morgan fingerprint density at radius 3 is 2.26 bits per heavy atom. The van der Waals surface area contributed by atoms with Gasteiger partial charge in [0.2, 0.25) is 0 Å². The first-order valence-corrected chi connectivity index (χ1v) is 11.0. The molecule has 0 saturated carbocycles. The molecule has 2 aromatic rings. The first kappa shape index (κ1) is 20.3. The third-order valence-electron chi connectivity index (χ3n) is 5.70. The van der Waals surface area contributed by atoms with Crippen LogP contribution in [0.5, 0.6) is 0 Å². The van der Waals surface area contributed by atoms with Crippen molar-refractivity contribution in [1.29, 1.82) is 0 Å². The molecule has 4 nitrogen and oxygen atoms in total. The summed E-state index contributed by atoms with van der Waals surface area (Å²) in [5.41, 5.74) is 2.62. The minimum absolute atomic E-state index is 0. The molecule has 0 aliphatic carbocycles. The van der Waals surface area contributed by atoms with Gasteiger partial charge in [0.15, 0.2) is 9.84 Å². The molecule has 1 fully saturated rings. The highest BCUT2D eigenvalue weighted by molar-refractivity contribution is 7.92. The molecule has 0 aromatic heterocycles. The molecule has 4 rings (SSSR count). The predicted octanol–water partition coefficient (Wildman–Crippen LogP) is 3.27. The second kappa shape index (κ2) is 8.74. The molecule has 146 valence electrons. The van der Waals surface area contributed by atoms with Gasteiger partial charge >= 0.3 is 0 Å². The number of piperidine rings is 1. The molecule has 0 spiro atoms. The van der Waals surface area contributed by atoms with Crippen LogP contribution >= 0.6 is 12.4 Å². The average Bonchev–Trinajstić information content (AvgIpc) is 2.69. The number of fused-ring (bicyclic) bond motifs is 1. The van der Waals surface area contributed by atoms with Crippen LogP contribution in [-0.4, -0.2) is 38.3 Å². The summed E-state index contributed by atoms with van der Waals surface area (Å²) >= 11 is 0. The molecular weight excluding hydrogens is 380 g/mol. The summed E-state index contributed by atoms with van der Waals surface area (Å²) in [7, 11) is -3.40. The molecule has 1 unspecified atom stereocenters. The molecular formula is C21H27ClN2O2S. The van der Waals surface area contributed by atoms with Crippen molar-refractivity contribution in [2.75, 3.05) is 19.6 Å². The van der Waals surface area contributed by atoms with Crippen LogP contribution in [0.2, 0.25) is 0 Å². The second-order valence-electron chi connectivity index (χ2n) is 7.33. The third kappa shape index (κ3) is 4.21. The van der Waals surface area contributed by atoms with Crippen LogP contribution in [0, 0.1) is 5.92 Å². The number of halogens is 1. The molecule has 2 aliphatic heterocycles. The van der Waals surface area contributed by atoms with E-state index in [0.717, 1.165) is 45.4 Å². The van der Waals surface area contributed by atoms with Crippen molar-refractivity contribution in [3.05, 3.63) is 65.7 Å². The van der Waals surface area contributed by atoms with Gasteiger partial charge < -0.3 is 5.32 Å². The van der Waals surface area contributed by atoms with Gasteiger partial charge in [-0.2, -0.15) is 0 Å². The number of nitrogens with zero attached hydrogens (tertiary/aromatic N) is 1. The van der Waals surface area contributed by atoms with Crippen LogP contribution < -0.4 is 5.32 Å². The molecule has 1 saturated heterocycles. The Morgan fingerprint density at radius 2 is 1.56 bits per heavy atom. The molecule has 2 heterocycles. The fraction of sp³-hybridized carbons (Fsp3) is 0.429. The maximum Gasteiger partial charge on any atom is 0.194 e. The zero-order valence-corrected chi connectivity index (χ0v) is 17.0. The summed E-state index contributed by atoms with van der Waals surface area (Å²) in [6, 6.07) is 17.4. The van der Waals surface area contributed by atoms with Crippen LogP contribution in [0.1, 0.15) is 24.0 Å². The predicted molar refractivity (Wildman–Crippen MR) is 111 cm³/mol. The SMILES string of the molecule is Cl.O=S(=O)(c1ccccc1)C(C1CCNCC1)N1CCc2ccccc2C1. The highest BCUT2D eigenvalue weighted by atomic mass is 35.5. The lowest BCUT2D eigenvalue weighted by atomic mass is 9.94. The summed E-state index contributed by atoms with van der Waals surface area (Å²) < 4.78 is 27.2. The van der Waals surface area contributed by atoms with Crippen molar-refractivity contribution >= 4 is 22.2 Å². The number of benzene rings is 2. The minimum Gasteiger partial charge on any atom is -0.317 e. The Kier molecular flexibility index (Phi) is 6.58. The Labute approximate surface area is 168 Å². The van der Waals surface area contributed by atoms with E-state index >= 15 is 0 Å². The maximum atomic E-state index is 13.6. The molecule has 2 aromatic carbocycles.